The van der Waals surface area contributed by atoms with Crippen molar-refractivity contribution in [3.8, 4) is 0 Å². The van der Waals surface area contributed by atoms with Crippen LogP contribution in [0.4, 0.5) is 0 Å². The molecule has 1 atom stereocenters. The highest BCUT2D eigenvalue weighted by Gasteiger charge is 2.32. The van der Waals surface area contributed by atoms with Crippen molar-refractivity contribution < 1.29 is 0 Å². The van der Waals surface area contributed by atoms with Gasteiger partial charge in [0.1, 0.15) is 0 Å². The highest BCUT2D eigenvalue weighted by molar-refractivity contribution is 5.24. The smallest absolute Gasteiger partial charge is 0.0926 e. The van der Waals surface area contributed by atoms with Crippen LogP contribution in [0.15, 0.2) is 6.33 Å². The number of fused-ring (bicyclic) bond motifs is 1. The molecule has 1 aliphatic heterocycles. The van der Waals surface area contributed by atoms with Crippen molar-refractivity contribution in [2.24, 2.45) is 0 Å². The van der Waals surface area contributed by atoms with E-state index in [1.165, 1.54) is 17.8 Å². The molecule has 3 heteroatoms. The summed E-state index contributed by atoms with van der Waals surface area (Å²) in [5.74, 6) is 0. The molecule has 0 bridgehead atoms. The largest absolute Gasteiger partial charge is 0.348 e. The summed E-state index contributed by atoms with van der Waals surface area (Å²) in [6.07, 6.45) is 5.24. The van der Waals surface area contributed by atoms with Gasteiger partial charge in [0.15, 0.2) is 0 Å². The Morgan fingerprint density at radius 1 is 1.62 bits per heavy atom. The zero-order valence-corrected chi connectivity index (χ0v) is 8.35. The number of rotatable bonds is 2. The average Bonchev–Trinajstić information content (AvgIpc) is 2.54. The van der Waals surface area contributed by atoms with Gasteiger partial charge in [-0.25, -0.2) is 4.98 Å². The van der Waals surface area contributed by atoms with E-state index in [0.29, 0.717) is 0 Å². The first kappa shape index (κ1) is 8.75. The van der Waals surface area contributed by atoms with Crippen LogP contribution >= 0.6 is 0 Å². The summed E-state index contributed by atoms with van der Waals surface area (Å²) in [5.41, 5.74) is 2.64. The number of imidazole rings is 1. The summed E-state index contributed by atoms with van der Waals surface area (Å²) in [6, 6.07) is 0. The van der Waals surface area contributed by atoms with E-state index in [9.17, 15) is 0 Å². The second-order valence-electron chi connectivity index (χ2n) is 3.99. The first-order chi connectivity index (χ1) is 6.26. The predicted molar refractivity (Wildman–Crippen MR) is 52.6 cm³/mol. The highest BCUT2D eigenvalue weighted by atomic mass is 15.0. The molecule has 0 fully saturated rings. The van der Waals surface area contributed by atoms with E-state index in [-0.39, 0.29) is 5.54 Å². The molecule has 2 N–H and O–H groups in total. The van der Waals surface area contributed by atoms with Crippen molar-refractivity contribution in [2.45, 2.75) is 38.6 Å². The van der Waals surface area contributed by atoms with Crippen LogP contribution in [0, 0.1) is 0 Å². The van der Waals surface area contributed by atoms with Crippen LogP contribution in [-0.4, -0.2) is 16.5 Å². The molecule has 1 aromatic heterocycles. The van der Waals surface area contributed by atoms with E-state index in [4.69, 9.17) is 0 Å². The number of nitrogens with one attached hydrogen (secondary N) is 2. The van der Waals surface area contributed by atoms with E-state index in [2.05, 4.69) is 29.1 Å². The SMILES string of the molecule is CCCC1(C)NCCc2[nH]cnc21. The van der Waals surface area contributed by atoms with Crippen molar-refractivity contribution in [3.63, 3.8) is 0 Å². The van der Waals surface area contributed by atoms with Crippen LogP contribution < -0.4 is 5.32 Å². The third-order valence-electron chi connectivity index (χ3n) is 2.88. The number of H-pyrrole nitrogens is 1. The van der Waals surface area contributed by atoms with Gasteiger partial charge in [-0.05, 0) is 13.3 Å². The van der Waals surface area contributed by atoms with Crippen LogP contribution in [-0.2, 0) is 12.0 Å². The normalized spacial score (nSPS) is 27.2. The molecule has 0 aromatic carbocycles. The lowest BCUT2D eigenvalue weighted by Gasteiger charge is -2.33. The lowest BCUT2D eigenvalue weighted by Crippen LogP contribution is -2.45. The lowest BCUT2D eigenvalue weighted by atomic mass is 9.87. The zero-order valence-electron chi connectivity index (χ0n) is 8.35. The third kappa shape index (κ3) is 1.37. The highest BCUT2D eigenvalue weighted by Crippen LogP contribution is 2.29. The molecule has 3 nitrogen and oxygen atoms in total. The minimum absolute atomic E-state index is 0.0995. The zero-order chi connectivity index (χ0) is 9.31. The van der Waals surface area contributed by atoms with Gasteiger partial charge in [0.05, 0.1) is 17.6 Å². The summed E-state index contributed by atoms with van der Waals surface area (Å²) in [4.78, 5) is 7.63. The molecule has 0 aliphatic carbocycles. The van der Waals surface area contributed by atoms with Gasteiger partial charge >= 0.3 is 0 Å². The Balaban J connectivity index is 2.33. The fourth-order valence-electron chi connectivity index (χ4n) is 2.24. The van der Waals surface area contributed by atoms with E-state index < -0.39 is 0 Å². The fourth-order valence-corrected chi connectivity index (χ4v) is 2.24. The monoisotopic (exact) mass is 179 g/mol. The summed E-state index contributed by atoms with van der Waals surface area (Å²) >= 11 is 0. The third-order valence-corrected chi connectivity index (χ3v) is 2.88. The minimum atomic E-state index is 0.0995. The molecule has 1 aliphatic rings. The summed E-state index contributed by atoms with van der Waals surface area (Å²) in [5, 5.41) is 3.56. The summed E-state index contributed by atoms with van der Waals surface area (Å²) < 4.78 is 0. The van der Waals surface area contributed by atoms with E-state index >= 15 is 0 Å². The maximum atomic E-state index is 4.41. The van der Waals surface area contributed by atoms with Gasteiger partial charge < -0.3 is 10.3 Å². The van der Waals surface area contributed by atoms with Crippen molar-refractivity contribution in [2.75, 3.05) is 6.54 Å². The van der Waals surface area contributed by atoms with Crippen LogP contribution in [0.5, 0.6) is 0 Å². The fraction of sp³-hybridized carbons (Fsp3) is 0.700. The molecule has 2 heterocycles. The minimum Gasteiger partial charge on any atom is -0.348 e. The lowest BCUT2D eigenvalue weighted by molar-refractivity contribution is 0.311. The Bertz CT molecular complexity index is 292. The Morgan fingerprint density at radius 2 is 2.46 bits per heavy atom. The Kier molecular flexibility index (Phi) is 2.12. The molecule has 2 rings (SSSR count). The van der Waals surface area contributed by atoms with Gasteiger partial charge in [-0.3, -0.25) is 0 Å². The second-order valence-corrected chi connectivity index (χ2v) is 3.99. The Hall–Kier alpha value is -0.830. The molecule has 0 saturated heterocycles. The van der Waals surface area contributed by atoms with E-state index in [1.807, 2.05) is 6.33 Å². The van der Waals surface area contributed by atoms with Gasteiger partial charge in [0, 0.05) is 18.7 Å². The van der Waals surface area contributed by atoms with Crippen LogP contribution in [0.3, 0.4) is 0 Å². The van der Waals surface area contributed by atoms with Crippen molar-refractivity contribution in [1.82, 2.24) is 15.3 Å². The first-order valence-electron chi connectivity index (χ1n) is 5.04. The summed E-state index contributed by atoms with van der Waals surface area (Å²) in [6.45, 7) is 5.52. The molecule has 0 amide bonds. The maximum absolute atomic E-state index is 4.41. The van der Waals surface area contributed by atoms with E-state index in [0.717, 1.165) is 19.4 Å². The van der Waals surface area contributed by atoms with Crippen LogP contribution in [0.2, 0.25) is 0 Å². The predicted octanol–water partition coefficient (Wildman–Crippen LogP) is 1.57. The van der Waals surface area contributed by atoms with Gasteiger partial charge in [0.25, 0.3) is 0 Å². The molecule has 72 valence electrons. The number of hydrogen-bond donors (Lipinski definition) is 2. The number of aromatic nitrogens is 2. The molecule has 0 saturated carbocycles. The van der Waals surface area contributed by atoms with Crippen molar-refractivity contribution in [3.05, 3.63) is 17.7 Å². The summed E-state index contributed by atoms with van der Waals surface area (Å²) in [7, 11) is 0. The van der Waals surface area contributed by atoms with Crippen molar-refractivity contribution in [1.29, 1.82) is 0 Å². The van der Waals surface area contributed by atoms with Gasteiger partial charge in [-0.15, -0.1) is 0 Å². The number of hydrogen-bond acceptors (Lipinski definition) is 2. The second kappa shape index (κ2) is 3.14. The van der Waals surface area contributed by atoms with Gasteiger partial charge in [0.2, 0.25) is 0 Å². The maximum Gasteiger partial charge on any atom is 0.0926 e. The number of nitrogens with zero attached hydrogens (tertiary/aromatic N) is 1. The van der Waals surface area contributed by atoms with Gasteiger partial charge in [-0.2, -0.15) is 0 Å². The molecule has 0 spiro atoms. The first-order valence-corrected chi connectivity index (χ1v) is 5.04. The van der Waals surface area contributed by atoms with Crippen LogP contribution in [0.1, 0.15) is 38.1 Å². The molecule has 1 aromatic rings. The van der Waals surface area contributed by atoms with Crippen LogP contribution in [0.25, 0.3) is 0 Å². The average molecular weight is 179 g/mol. The topological polar surface area (TPSA) is 40.7 Å². The quantitative estimate of drug-likeness (QED) is 0.723. The Labute approximate surface area is 79.0 Å². The molecule has 0 radical (unpaired) electrons. The van der Waals surface area contributed by atoms with Crippen molar-refractivity contribution >= 4 is 0 Å². The van der Waals surface area contributed by atoms with E-state index in [1.54, 1.807) is 0 Å². The standard InChI is InChI=1S/C10H17N3/c1-3-5-10(2)9-8(4-6-13-10)11-7-12-9/h7,13H,3-6H2,1-2H3,(H,11,12). The molecule has 1 unspecified atom stereocenters. The number of aromatic amines is 1. The molecule has 13 heavy (non-hydrogen) atoms. The molecular formula is C10H17N3. The Morgan fingerprint density at radius 3 is 3.23 bits per heavy atom. The van der Waals surface area contributed by atoms with Gasteiger partial charge in [-0.1, -0.05) is 13.3 Å². The molecular weight excluding hydrogens is 162 g/mol.